The lowest BCUT2D eigenvalue weighted by Gasteiger charge is -2.59. The van der Waals surface area contributed by atoms with E-state index in [0.717, 1.165) is 59.5 Å². The minimum absolute atomic E-state index is 0.0628. The second-order valence-electron chi connectivity index (χ2n) is 15.5. The second kappa shape index (κ2) is 21.5. The number of hydrogen-bond donors (Lipinski definition) is 2. The molecule has 2 heterocycles. The highest BCUT2D eigenvalue weighted by Crippen LogP contribution is 2.61. The van der Waals surface area contributed by atoms with Crippen molar-refractivity contribution in [1.82, 2.24) is 9.88 Å². The Balaban J connectivity index is 1.41. The maximum absolute atomic E-state index is 14.0. The molecule has 3 aliphatic rings. The van der Waals surface area contributed by atoms with Crippen molar-refractivity contribution in [3.63, 3.8) is 0 Å². The fourth-order valence-electron chi connectivity index (χ4n) is 8.98. The number of fused-ring (bicyclic) bond motifs is 2. The van der Waals surface area contributed by atoms with Gasteiger partial charge in [0, 0.05) is 43.9 Å². The molecule has 2 N–H and O–H groups in total. The number of carbonyl (C=O) groups is 1. The Morgan fingerprint density at radius 3 is 2.56 bits per heavy atom. The van der Waals surface area contributed by atoms with Crippen LogP contribution in [0.1, 0.15) is 80.3 Å². The maximum Gasteiger partial charge on any atom is 0.410 e. The van der Waals surface area contributed by atoms with Crippen LogP contribution < -0.4 is 9.47 Å². The number of aliphatic hydroxyl groups excluding tert-OH is 2. The number of oxime groups is 1. The monoisotopic (exact) mass is 811 g/mol. The quantitative estimate of drug-likeness (QED) is 0.0585. The van der Waals surface area contributed by atoms with Crippen LogP contribution in [0.3, 0.4) is 0 Å². The number of rotatable bonds is 22. The van der Waals surface area contributed by atoms with E-state index in [0.29, 0.717) is 44.2 Å². The Labute approximate surface area is 348 Å². The third kappa shape index (κ3) is 10.5. The molecule has 0 saturated heterocycles. The van der Waals surface area contributed by atoms with Gasteiger partial charge in [-0.3, -0.25) is 4.98 Å². The molecule has 2 aliphatic carbocycles. The molecule has 0 radical (unpaired) electrons. The van der Waals surface area contributed by atoms with Crippen molar-refractivity contribution in [3.8, 4) is 11.5 Å². The average molecular weight is 812 g/mol. The van der Waals surface area contributed by atoms with Crippen LogP contribution in [0.15, 0.2) is 96.2 Å². The third-order valence-corrected chi connectivity index (χ3v) is 11.6. The summed E-state index contributed by atoms with van der Waals surface area (Å²) >= 11 is 0. The average Bonchev–Trinajstić information content (AvgIpc) is 3.25. The van der Waals surface area contributed by atoms with Crippen molar-refractivity contribution in [2.45, 2.75) is 89.8 Å². The molecule has 0 bridgehead atoms. The predicted octanol–water partition coefficient (Wildman–Crippen LogP) is 7.91. The van der Waals surface area contributed by atoms with E-state index in [4.69, 9.17) is 33.7 Å². The van der Waals surface area contributed by atoms with Crippen LogP contribution in [0.2, 0.25) is 0 Å². The minimum atomic E-state index is -1.38. The summed E-state index contributed by atoms with van der Waals surface area (Å²) in [6.45, 7) is 9.61. The minimum Gasteiger partial charge on any atom is -0.487 e. The molecule has 0 unspecified atom stereocenters. The van der Waals surface area contributed by atoms with Gasteiger partial charge in [0.1, 0.15) is 37.4 Å². The van der Waals surface area contributed by atoms with Crippen LogP contribution in [-0.4, -0.2) is 90.4 Å². The standard InChI is InChI=1S/C47H61N3O9/c1-5-25-57-47-43(50(4)46(53)55-27-26-54-31-34-16-8-7-9-17-34)30-41(49-58-6-2)39-28-35(18-10-12-23-51)38(20-11-13-24-52)44(45(39)47)40-29-37(21-22-42(40)59-47)56-32-36-19-14-15-33(3)48-36/h5,7-9,14-17,19,21-22,28-29,35,38,43-45,51-52H,1,6,10-13,18,20,23-27,30-32H2,2-4H3/t35-,38+,43-,44+,45+,47+/m0/s1. The molecule has 1 aromatic heterocycles. The first-order valence-electron chi connectivity index (χ1n) is 21.1. The lowest BCUT2D eigenvalue weighted by molar-refractivity contribution is -0.253. The molecule has 2 aromatic carbocycles. The Bertz CT molecular complexity index is 1890. The molecule has 1 amide bonds. The molecule has 6 atom stereocenters. The first-order chi connectivity index (χ1) is 28.8. The SMILES string of the molecule is C=CCO[C@@]12Oc3ccc(OCc4cccc(C)n4)cc3[C@H]3[C@H](CCCCO)[C@@H](CCCCO)C=C(C(=NOCC)C[C@@H]1N(C)C(=O)OCCOCc1ccccc1)[C@H]32. The molecular weight excluding hydrogens is 751 g/mol. The number of amides is 1. The van der Waals surface area contributed by atoms with Gasteiger partial charge in [-0.05, 0) is 92.8 Å². The number of aromatic nitrogens is 1. The fourth-order valence-corrected chi connectivity index (χ4v) is 8.98. The molecular formula is C47H61N3O9. The van der Waals surface area contributed by atoms with Gasteiger partial charge in [-0.15, -0.1) is 6.58 Å². The number of allylic oxidation sites excluding steroid dienone is 1. The van der Waals surface area contributed by atoms with Crippen molar-refractivity contribution in [3.05, 3.63) is 114 Å². The van der Waals surface area contributed by atoms with Crippen molar-refractivity contribution in [1.29, 1.82) is 0 Å². The van der Waals surface area contributed by atoms with Gasteiger partial charge in [-0.25, -0.2) is 4.79 Å². The van der Waals surface area contributed by atoms with Gasteiger partial charge in [0.25, 0.3) is 0 Å². The Morgan fingerprint density at radius 2 is 1.81 bits per heavy atom. The zero-order valence-corrected chi connectivity index (χ0v) is 34.8. The number of nitrogens with zero attached hydrogens (tertiary/aromatic N) is 3. The zero-order chi connectivity index (χ0) is 41.6. The summed E-state index contributed by atoms with van der Waals surface area (Å²) in [6.07, 6.45) is 8.47. The molecule has 6 rings (SSSR count). The zero-order valence-electron chi connectivity index (χ0n) is 34.8. The highest BCUT2D eigenvalue weighted by molar-refractivity contribution is 6.02. The Morgan fingerprint density at radius 1 is 1.02 bits per heavy atom. The van der Waals surface area contributed by atoms with Crippen LogP contribution in [-0.2, 0) is 32.3 Å². The van der Waals surface area contributed by atoms with Gasteiger partial charge >= 0.3 is 6.09 Å². The Kier molecular flexibility index (Phi) is 16.0. The first-order valence-corrected chi connectivity index (χ1v) is 21.1. The van der Waals surface area contributed by atoms with E-state index in [-0.39, 0.29) is 57.2 Å². The molecule has 0 spiro atoms. The van der Waals surface area contributed by atoms with Gasteiger partial charge in [0.05, 0.1) is 37.1 Å². The molecule has 59 heavy (non-hydrogen) atoms. The second-order valence-corrected chi connectivity index (χ2v) is 15.5. The van der Waals surface area contributed by atoms with Gasteiger partial charge < -0.3 is 43.6 Å². The highest BCUT2D eigenvalue weighted by Gasteiger charge is 2.65. The van der Waals surface area contributed by atoms with Crippen molar-refractivity contribution in [2.24, 2.45) is 22.9 Å². The number of benzene rings is 2. The van der Waals surface area contributed by atoms with Crippen LogP contribution in [0.5, 0.6) is 11.5 Å². The van der Waals surface area contributed by atoms with Gasteiger partial charge in [0.15, 0.2) is 0 Å². The molecule has 3 aromatic rings. The van der Waals surface area contributed by atoms with Crippen molar-refractivity contribution < 1.29 is 43.5 Å². The van der Waals surface area contributed by atoms with Crippen molar-refractivity contribution >= 4 is 11.8 Å². The predicted molar refractivity (Wildman–Crippen MR) is 225 cm³/mol. The third-order valence-electron chi connectivity index (χ3n) is 11.6. The summed E-state index contributed by atoms with van der Waals surface area (Å²) in [5.74, 6) is -0.454. The van der Waals surface area contributed by atoms with Gasteiger partial charge in [-0.2, -0.15) is 0 Å². The number of ether oxygens (including phenoxy) is 5. The van der Waals surface area contributed by atoms with E-state index < -0.39 is 23.8 Å². The fraction of sp³-hybridized carbons (Fsp3) is 0.511. The van der Waals surface area contributed by atoms with Crippen LogP contribution in [0.4, 0.5) is 4.79 Å². The number of carbonyl (C=O) groups excluding carboxylic acids is 1. The summed E-state index contributed by atoms with van der Waals surface area (Å²) in [6, 6.07) is 21.0. The highest BCUT2D eigenvalue weighted by atomic mass is 16.7. The number of hydrogen-bond acceptors (Lipinski definition) is 11. The van der Waals surface area contributed by atoms with Gasteiger partial charge in [0.2, 0.25) is 5.79 Å². The lowest BCUT2D eigenvalue weighted by atomic mass is 9.55. The van der Waals surface area contributed by atoms with E-state index in [2.05, 4.69) is 23.7 Å². The number of aliphatic hydroxyl groups is 2. The molecule has 12 heteroatoms. The van der Waals surface area contributed by atoms with Crippen LogP contribution in [0.25, 0.3) is 0 Å². The largest absolute Gasteiger partial charge is 0.487 e. The summed E-state index contributed by atoms with van der Waals surface area (Å²) in [7, 11) is 1.72. The molecule has 12 nitrogen and oxygen atoms in total. The summed E-state index contributed by atoms with van der Waals surface area (Å²) < 4.78 is 32.2. The van der Waals surface area contributed by atoms with Crippen LogP contribution >= 0.6 is 0 Å². The first kappa shape index (κ1) is 43.8. The number of likely N-dealkylation sites (N-methyl/N-ethyl adjacent to an activating group) is 1. The summed E-state index contributed by atoms with van der Waals surface area (Å²) in [5.41, 5.74) is 5.45. The Hall–Kier alpha value is -4.75. The van der Waals surface area contributed by atoms with E-state index in [1.54, 1.807) is 18.0 Å². The number of aryl methyl sites for hydroxylation is 1. The number of pyridine rings is 1. The van der Waals surface area contributed by atoms with E-state index >= 15 is 0 Å². The molecule has 1 aliphatic heterocycles. The van der Waals surface area contributed by atoms with Crippen LogP contribution in [0, 0.1) is 24.7 Å². The topological polar surface area (TPSA) is 141 Å². The van der Waals surface area contributed by atoms with E-state index in [1.807, 2.05) is 74.5 Å². The molecule has 1 saturated carbocycles. The number of unbranched alkanes of at least 4 members (excludes halogenated alkanes) is 2. The maximum atomic E-state index is 14.0. The molecule has 1 fully saturated rings. The summed E-state index contributed by atoms with van der Waals surface area (Å²) in [5, 5.41) is 24.4. The molecule has 318 valence electrons. The smallest absolute Gasteiger partial charge is 0.410 e. The normalized spacial score (nSPS) is 23.6. The van der Waals surface area contributed by atoms with E-state index in [9.17, 15) is 15.0 Å². The van der Waals surface area contributed by atoms with Gasteiger partial charge in [-0.1, -0.05) is 66.5 Å². The van der Waals surface area contributed by atoms with E-state index in [1.165, 1.54) is 0 Å². The summed E-state index contributed by atoms with van der Waals surface area (Å²) in [4.78, 5) is 26.0. The van der Waals surface area contributed by atoms with Crippen molar-refractivity contribution in [2.75, 3.05) is 46.7 Å². The lowest BCUT2D eigenvalue weighted by Crippen LogP contribution is -2.69.